The number of primary amides is 1. The molecule has 0 radical (unpaired) electrons. The number of allylic oxidation sites excluding steroid dienone is 4. The smallest absolute Gasteiger partial charge is 0.223 e. The van der Waals surface area contributed by atoms with Crippen molar-refractivity contribution >= 4 is 17.5 Å². The van der Waals surface area contributed by atoms with Crippen LogP contribution in [0.15, 0.2) is 22.3 Å². The minimum Gasteiger partial charge on any atom is -0.369 e. The largest absolute Gasteiger partial charge is 0.369 e. The Kier molecular flexibility index (Phi) is 5.49. The van der Waals surface area contributed by atoms with Crippen LogP contribution in [0.1, 0.15) is 60.8 Å². The highest BCUT2D eigenvalue weighted by atomic mass is 16.1. The van der Waals surface area contributed by atoms with E-state index in [9.17, 15) is 14.4 Å². The molecule has 1 rings (SSSR count). The van der Waals surface area contributed by atoms with Gasteiger partial charge in [0.1, 0.15) is 0 Å². The fourth-order valence-electron chi connectivity index (χ4n) is 3.02. The van der Waals surface area contributed by atoms with Gasteiger partial charge < -0.3 is 5.73 Å². The third-order valence-corrected chi connectivity index (χ3v) is 4.70. The number of ketones is 2. The molecule has 0 heterocycles. The Morgan fingerprint density at radius 3 is 2.00 bits per heavy atom. The summed E-state index contributed by atoms with van der Waals surface area (Å²) in [6, 6.07) is 0. The average molecular weight is 305 g/mol. The molecule has 0 fully saturated rings. The first-order chi connectivity index (χ1) is 10.0. The van der Waals surface area contributed by atoms with Gasteiger partial charge in [0, 0.05) is 27.7 Å². The molecule has 0 aliphatic heterocycles. The summed E-state index contributed by atoms with van der Waals surface area (Å²) in [7, 11) is 0. The highest BCUT2D eigenvalue weighted by Gasteiger charge is 2.36. The molecule has 0 aromatic heterocycles. The van der Waals surface area contributed by atoms with Crippen molar-refractivity contribution < 1.29 is 14.4 Å². The van der Waals surface area contributed by atoms with Gasteiger partial charge in [-0.15, -0.1) is 0 Å². The van der Waals surface area contributed by atoms with Crippen molar-refractivity contribution in [1.82, 2.24) is 0 Å². The van der Waals surface area contributed by atoms with Crippen LogP contribution in [0.4, 0.5) is 0 Å². The SMILES string of the molecule is CCCC(CC(C)(C)C(N)=O)C1=C(C)C(=O)C(C)=C(C)C1=O. The molecule has 1 aliphatic carbocycles. The Morgan fingerprint density at radius 1 is 1.05 bits per heavy atom. The third-order valence-electron chi connectivity index (χ3n) is 4.70. The molecule has 4 nitrogen and oxygen atoms in total. The topological polar surface area (TPSA) is 77.2 Å². The number of rotatable bonds is 6. The van der Waals surface area contributed by atoms with Gasteiger partial charge in [0.25, 0.3) is 0 Å². The first-order valence-corrected chi connectivity index (χ1v) is 7.82. The average Bonchev–Trinajstić information content (AvgIpc) is 2.43. The Balaban J connectivity index is 3.29. The quantitative estimate of drug-likeness (QED) is 0.766. The molecule has 1 aliphatic rings. The first-order valence-electron chi connectivity index (χ1n) is 7.82. The molecule has 0 spiro atoms. The van der Waals surface area contributed by atoms with E-state index in [4.69, 9.17) is 5.73 Å². The van der Waals surface area contributed by atoms with Gasteiger partial charge in [-0.05, 0) is 39.5 Å². The van der Waals surface area contributed by atoms with E-state index < -0.39 is 5.41 Å². The van der Waals surface area contributed by atoms with Gasteiger partial charge in [-0.25, -0.2) is 0 Å². The summed E-state index contributed by atoms with van der Waals surface area (Å²) in [5.41, 5.74) is 6.90. The number of Topliss-reactive ketones (excluding diaryl/α,β-unsaturated/α-hetero) is 2. The van der Waals surface area contributed by atoms with E-state index in [1.54, 1.807) is 34.6 Å². The van der Waals surface area contributed by atoms with E-state index in [-0.39, 0.29) is 23.4 Å². The number of carbonyl (C=O) groups is 3. The first kappa shape index (κ1) is 18.3. The van der Waals surface area contributed by atoms with Gasteiger partial charge in [0.15, 0.2) is 11.6 Å². The van der Waals surface area contributed by atoms with E-state index in [0.717, 1.165) is 12.8 Å². The van der Waals surface area contributed by atoms with Crippen LogP contribution in [-0.4, -0.2) is 17.5 Å². The van der Waals surface area contributed by atoms with E-state index >= 15 is 0 Å². The molecule has 1 amide bonds. The number of hydrogen-bond acceptors (Lipinski definition) is 3. The summed E-state index contributed by atoms with van der Waals surface area (Å²) in [6.45, 7) is 10.7. The molecule has 0 aromatic carbocycles. The Hall–Kier alpha value is -1.71. The molecule has 0 aromatic rings. The lowest BCUT2D eigenvalue weighted by Gasteiger charge is -2.31. The zero-order valence-electron chi connectivity index (χ0n) is 14.5. The molecular formula is C18H27NO3. The highest BCUT2D eigenvalue weighted by molar-refractivity contribution is 6.24. The molecule has 0 bridgehead atoms. The van der Waals surface area contributed by atoms with Crippen LogP contribution in [0.3, 0.4) is 0 Å². The highest BCUT2D eigenvalue weighted by Crippen LogP contribution is 2.37. The van der Waals surface area contributed by atoms with Gasteiger partial charge in [0.2, 0.25) is 5.91 Å². The van der Waals surface area contributed by atoms with Crippen LogP contribution in [0.5, 0.6) is 0 Å². The maximum Gasteiger partial charge on any atom is 0.223 e. The van der Waals surface area contributed by atoms with Crippen LogP contribution in [0.25, 0.3) is 0 Å². The van der Waals surface area contributed by atoms with Crippen molar-refractivity contribution in [3.8, 4) is 0 Å². The number of hydrogen-bond donors (Lipinski definition) is 1. The summed E-state index contributed by atoms with van der Waals surface area (Å²) < 4.78 is 0. The Morgan fingerprint density at radius 2 is 1.55 bits per heavy atom. The van der Waals surface area contributed by atoms with Crippen LogP contribution in [0.2, 0.25) is 0 Å². The fraction of sp³-hybridized carbons (Fsp3) is 0.611. The zero-order valence-corrected chi connectivity index (χ0v) is 14.5. The number of amides is 1. The maximum atomic E-state index is 12.7. The summed E-state index contributed by atoms with van der Waals surface area (Å²) in [5.74, 6) is -0.629. The van der Waals surface area contributed by atoms with Gasteiger partial charge in [-0.2, -0.15) is 0 Å². The summed E-state index contributed by atoms with van der Waals surface area (Å²) >= 11 is 0. The normalized spacial score (nSPS) is 18.1. The second-order valence-electron chi connectivity index (χ2n) is 6.88. The lowest BCUT2D eigenvalue weighted by molar-refractivity contribution is -0.127. The van der Waals surface area contributed by atoms with Crippen molar-refractivity contribution in [3.05, 3.63) is 22.3 Å². The monoisotopic (exact) mass is 305 g/mol. The van der Waals surface area contributed by atoms with Gasteiger partial charge in [-0.1, -0.05) is 27.2 Å². The van der Waals surface area contributed by atoms with Gasteiger partial charge in [-0.3, -0.25) is 14.4 Å². The molecule has 1 unspecified atom stereocenters. The van der Waals surface area contributed by atoms with Crippen LogP contribution in [0, 0.1) is 11.3 Å². The van der Waals surface area contributed by atoms with E-state index in [0.29, 0.717) is 28.7 Å². The predicted octanol–water partition coefficient (Wildman–Crippen LogP) is 3.11. The summed E-state index contributed by atoms with van der Waals surface area (Å²) in [4.78, 5) is 36.7. The van der Waals surface area contributed by atoms with E-state index in [2.05, 4.69) is 0 Å². The molecule has 1 atom stereocenters. The second-order valence-corrected chi connectivity index (χ2v) is 6.88. The molecule has 4 heteroatoms. The van der Waals surface area contributed by atoms with Gasteiger partial charge in [0.05, 0.1) is 0 Å². The van der Waals surface area contributed by atoms with Crippen molar-refractivity contribution in [3.63, 3.8) is 0 Å². The van der Waals surface area contributed by atoms with E-state index in [1.165, 1.54) is 0 Å². The molecule has 22 heavy (non-hydrogen) atoms. The zero-order chi connectivity index (χ0) is 17.2. The van der Waals surface area contributed by atoms with Crippen molar-refractivity contribution in [2.75, 3.05) is 0 Å². The summed E-state index contributed by atoms with van der Waals surface area (Å²) in [5, 5.41) is 0. The summed E-state index contributed by atoms with van der Waals surface area (Å²) in [6.07, 6.45) is 2.11. The third kappa shape index (κ3) is 3.37. The molecule has 122 valence electrons. The molecule has 0 saturated heterocycles. The Bertz CT molecular complexity index is 579. The second kappa shape index (κ2) is 6.59. The molecule has 2 N–H and O–H groups in total. The lowest BCUT2D eigenvalue weighted by Crippen LogP contribution is -2.35. The minimum absolute atomic E-state index is 0.0617. The lowest BCUT2D eigenvalue weighted by atomic mass is 9.72. The number of carbonyl (C=O) groups excluding carboxylic acids is 3. The minimum atomic E-state index is -0.708. The fourth-order valence-corrected chi connectivity index (χ4v) is 3.02. The number of nitrogens with two attached hydrogens (primary N) is 1. The Labute approximate surface area is 132 Å². The van der Waals surface area contributed by atoms with Crippen LogP contribution in [-0.2, 0) is 14.4 Å². The van der Waals surface area contributed by atoms with Crippen molar-refractivity contribution in [1.29, 1.82) is 0 Å². The van der Waals surface area contributed by atoms with Crippen molar-refractivity contribution in [2.24, 2.45) is 17.1 Å². The van der Waals surface area contributed by atoms with Crippen LogP contribution >= 0.6 is 0 Å². The predicted molar refractivity (Wildman–Crippen MR) is 87.1 cm³/mol. The molecular weight excluding hydrogens is 278 g/mol. The van der Waals surface area contributed by atoms with Gasteiger partial charge >= 0.3 is 0 Å². The van der Waals surface area contributed by atoms with Crippen molar-refractivity contribution in [2.45, 2.75) is 60.8 Å². The van der Waals surface area contributed by atoms with Crippen LogP contribution < -0.4 is 5.73 Å². The van der Waals surface area contributed by atoms with E-state index in [1.807, 2.05) is 6.92 Å². The molecule has 0 saturated carbocycles. The standard InChI is InChI=1S/C18H27NO3/c1-7-8-13(9-18(5,6)17(19)22)14-12(4)15(20)10(2)11(3)16(14)21/h13H,7-9H2,1-6H3,(H2,19,22). The maximum absolute atomic E-state index is 12.7.